The van der Waals surface area contributed by atoms with E-state index < -0.39 is 0 Å². The van der Waals surface area contributed by atoms with Gasteiger partial charge in [0.2, 0.25) is 0 Å². The summed E-state index contributed by atoms with van der Waals surface area (Å²) in [4.78, 5) is 26.7. The van der Waals surface area contributed by atoms with E-state index >= 15 is 0 Å². The van der Waals surface area contributed by atoms with E-state index in [-0.39, 0.29) is 6.03 Å². The van der Waals surface area contributed by atoms with Crippen LogP contribution in [-0.4, -0.2) is 46.6 Å². The molecule has 0 radical (unpaired) electrons. The summed E-state index contributed by atoms with van der Waals surface area (Å²) >= 11 is 1.72. The Kier molecular flexibility index (Phi) is 6.02. The standard InChI is InChI=1S/C24H29N5OS/c30-24(27-19-7-3-1-4-8-19)29-13-6-2-5-9-21(29)18-10-14-28(15-11-18)23-22-20(12-16-31-22)25-17-26-23/h1,3-4,7-8,12,16-18,21H,2,5-6,9-11,13-15H2,(H,27,30). The minimum Gasteiger partial charge on any atom is -0.355 e. The first-order chi connectivity index (χ1) is 15.3. The van der Waals surface area contributed by atoms with Crippen molar-refractivity contribution in [1.82, 2.24) is 14.9 Å². The van der Waals surface area contributed by atoms with E-state index in [1.807, 2.05) is 30.3 Å². The molecule has 3 aromatic rings. The lowest BCUT2D eigenvalue weighted by atomic mass is 9.86. The number of para-hydroxylation sites is 1. The van der Waals surface area contributed by atoms with E-state index in [4.69, 9.17) is 0 Å². The molecule has 2 saturated heterocycles. The summed E-state index contributed by atoms with van der Waals surface area (Å²) < 4.78 is 1.18. The second-order valence-electron chi connectivity index (χ2n) is 8.56. The van der Waals surface area contributed by atoms with Crippen LogP contribution in [0.4, 0.5) is 16.3 Å². The van der Waals surface area contributed by atoms with Crippen LogP contribution < -0.4 is 10.2 Å². The summed E-state index contributed by atoms with van der Waals surface area (Å²) in [6, 6.07) is 12.2. The quantitative estimate of drug-likeness (QED) is 0.600. The molecule has 0 aliphatic carbocycles. The third-order valence-corrected chi connectivity index (χ3v) is 7.59. The van der Waals surface area contributed by atoms with Crippen molar-refractivity contribution >= 4 is 39.1 Å². The fourth-order valence-electron chi connectivity index (χ4n) is 5.09. The summed E-state index contributed by atoms with van der Waals surface area (Å²) in [7, 11) is 0. The van der Waals surface area contributed by atoms with Gasteiger partial charge in [0.25, 0.3) is 0 Å². The monoisotopic (exact) mass is 435 g/mol. The minimum atomic E-state index is 0.0524. The van der Waals surface area contributed by atoms with Crippen LogP contribution in [0.5, 0.6) is 0 Å². The maximum absolute atomic E-state index is 13.2. The van der Waals surface area contributed by atoms with Crippen molar-refractivity contribution in [3.05, 3.63) is 48.1 Å². The molecule has 2 amide bonds. The average Bonchev–Trinajstić information content (AvgIpc) is 3.16. The Labute approximate surface area is 187 Å². The molecule has 162 valence electrons. The summed E-state index contributed by atoms with van der Waals surface area (Å²) in [5.74, 6) is 1.61. The van der Waals surface area contributed by atoms with Crippen LogP contribution in [0.1, 0.15) is 38.5 Å². The molecule has 2 aliphatic rings. The Balaban J connectivity index is 1.28. The van der Waals surface area contributed by atoms with Crippen molar-refractivity contribution in [3.8, 4) is 0 Å². The largest absolute Gasteiger partial charge is 0.355 e. The van der Waals surface area contributed by atoms with Crippen molar-refractivity contribution in [2.75, 3.05) is 29.9 Å². The van der Waals surface area contributed by atoms with Crippen LogP contribution in [-0.2, 0) is 0 Å². The van der Waals surface area contributed by atoms with Gasteiger partial charge in [-0.05, 0) is 55.2 Å². The summed E-state index contributed by atoms with van der Waals surface area (Å²) in [6.45, 7) is 2.82. The lowest BCUT2D eigenvalue weighted by molar-refractivity contribution is 0.146. The average molecular weight is 436 g/mol. The number of hydrogen-bond donors (Lipinski definition) is 1. The highest BCUT2D eigenvalue weighted by Gasteiger charge is 2.34. The Bertz CT molecular complexity index is 1010. The molecule has 4 heterocycles. The number of fused-ring (bicyclic) bond motifs is 1. The SMILES string of the molecule is O=C(Nc1ccccc1)N1CCCCCC1C1CCN(c2ncnc3ccsc23)CC1. The van der Waals surface area contributed by atoms with E-state index in [1.54, 1.807) is 17.7 Å². The Morgan fingerprint density at radius 1 is 0.968 bits per heavy atom. The third-order valence-electron chi connectivity index (χ3n) is 6.69. The Hall–Kier alpha value is -2.67. The van der Waals surface area contributed by atoms with Crippen molar-refractivity contribution in [2.24, 2.45) is 5.92 Å². The van der Waals surface area contributed by atoms with Gasteiger partial charge in [-0.15, -0.1) is 11.3 Å². The van der Waals surface area contributed by atoms with Crippen molar-refractivity contribution in [1.29, 1.82) is 0 Å². The third kappa shape index (κ3) is 4.37. The second-order valence-corrected chi connectivity index (χ2v) is 9.48. The first kappa shape index (κ1) is 20.2. The van der Waals surface area contributed by atoms with E-state index in [0.717, 1.165) is 62.3 Å². The first-order valence-corrected chi connectivity index (χ1v) is 12.2. The van der Waals surface area contributed by atoms with Crippen LogP contribution in [0.25, 0.3) is 10.2 Å². The molecule has 31 heavy (non-hydrogen) atoms. The van der Waals surface area contributed by atoms with Gasteiger partial charge in [-0.3, -0.25) is 0 Å². The number of rotatable bonds is 3. The van der Waals surface area contributed by atoms with Gasteiger partial charge >= 0.3 is 6.03 Å². The molecule has 1 atom stereocenters. The number of nitrogens with one attached hydrogen (secondary N) is 1. The van der Waals surface area contributed by atoms with Crippen molar-refractivity contribution in [3.63, 3.8) is 0 Å². The van der Waals surface area contributed by atoms with Crippen molar-refractivity contribution in [2.45, 2.75) is 44.6 Å². The number of carbonyl (C=O) groups is 1. The molecular weight excluding hydrogens is 406 g/mol. The van der Waals surface area contributed by atoms with Gasteiger partial charge in [-0.2, -0.15) is 0 Å². The number of carbonyl (C=O) groups excluding carboxylic acids is 1. The van der Waals surface area contributed by atoms with Gasteiger partial charge in [0.1, 0.15) is 12.1 Å². The fourth-order valence-corrected chi connectivity index (χ4v) is 5.95. The summed E-state index contributed by atoms with van der Waals surface area (Å²) in [5, 5.41) is 5.21. The molecule has 1 unspecified atom stereocenters. The molecule has 1 N–H and O–H groups in total. The van der Waals surface area contributed by atoms with Gasteiger partial charge in [0.05, 0.1) is 10.2 Å². The van der Waals surface area contributed by atoms with Crippen LogP contribution in [0, 0.1) is 5.92 Å². The number of aromatic nitrogens is 2. The lowest BCUT2D eigenvalue weighted by Gasteiger charge is -2.41. The number of nitrogens with zero attached hydrogens (tertiary/aromatic N) is 4. The highest BCUT2D eigenvalue weighted by molar-refractivity contribution is 7.17. The van der Waals surface area contributed by atoms with Crippen molar-refractivity contribution < 1.29 is 4.79 Å². The molecule has 0 saturated carbocycles. The smallest absolute Gasteiger partial charge is 0.322 e. The first-order valence-electron chi connectivity index (χ1n) is 11.4. The van der Waals surface area contributed by atoms with Crippen LogP contribution in [0.15, 0.2) is 48.1 Å². The van der Waals surface area contributed by atoms with E-state index in [0.29, 0.717) is 12.0 Å². The van der Waals surface area contributed by atoms with E-state index in [1.165, 1.54) is 17.5 Å². The van der Waals surface area contributed by atoms with Crippen LogP contribution >= 0.6 is 11.3 Å². The molecule has 2 aliphatic heterocycles. The Morgan fingerprint density at radius 3 is 2.65 bits per heavy atom. The molecule has 0 bridgehead atoms. The predicted octanol–water partition coefficient (Wildman–Crippen LogP) is 5.38. The van der Waals surface area contributed by atoms with Gasteiger partial charge in [0, 0.05) is 31.4 Å². The number of benzene rings is 1. The maximum Gasteiger partial charge on any atom is 0.322 e. The van der Waals surface area contributed by atoms with Crippen LogP contribution in [0.2, 0.25) is 0 Å². The molecule has 0 spiro atoms. The summed E-state index contributed by atoms with van der Waals surface area (Å²) in [6.07, 6.45) is 8.48. The van der Waals surface area contributed by atoms with E-state index in [9.17, 15) is 4.79 Å². The molecular formula is C24H29N5OS. The molecule has 6 nitrogen and oxygen atoms in total. The van der Waals surface area contributed by atoms with Gasteiger partial charge in [0.15, 0.2) is 0 Å². The normalized spacial score (nSPS) is 20.6. The number of anilines is 2. The minimum absolute atomic E-state index is 0.0524. The summed E-state index contributed by atoms with van der Waals surface area (Å²) in [5.41, 5.74) is 1.90. The number of hydrogen-bond acceptors (Lipinski definition) is 5. The fraction of sp³-hybridized carbons (Fsp3) is 0.458. The lowest BCUT2D eigenvalue weighted by Crippen LogP contribution is -2.49. The number of likely N-dealkylation sites (tertiary alicyclic amines) is 1. The van der Waals surface area contributed by atoms with E-state index in [2.05, 4.69) is 36.5 Å². The molecule has 1 aromatic carbocycles. The van der Waals surface area contributed by atoms with Crippen LogP contribution in [0.3, 0.4) is 0 Å². The molecule has 2 aromatic heterocycles. The topological polar surface area (TPSA) is 61.4 Å². The maximum atomic E-state index is 13.2. The zero-order valence-electron chi connectivity index (χ0n) is 17.7. The molecule has 7 heteroatoms. The number of piperidine rings is 1. The van der Waals surface area contributed by atoms with Gasteiger partial charge in [-0.25, -0.2) is 14.8 Å². The highest BCUT2D eigenvalue weighted by atomic mass is 32.1. The van der Waals surface area contributed by atoms with Gasteiger partial charge < -0.3 is 15.1 Å². The predicted molar refractivity (Wildman–Crippen MR) is 127 cm³/mol. The second kappa shape index (κ2) is 9.22. The number of thiophene rings is 1. The molecule has 5 rings (SSSR count). The number of urea groups is 1. The van der Waals surface area contributed by atoms with Gasteiger partial charge in [-0.1, -0.05) is 31.0 Å². The number of amides is 2. The zero-order valence-corrected chi connectivity index (χ0v) is 18.6. The zero-order chi connectivity index (χ0) is 21.0. The highest BCUT2D eigenvalue weighted by Crippen LogP contribution is 2.34. The Morgan fingerprint density at radius 2 is 1.81 bits per heavy atom. The molecule has 2 fully saturated rings.